The largest absolute Gasteiger partial charge is 0.428 e. The van der Waals surface area contributed by atoms with Gasteiger partial charge in [0.2, 0.25) is 12.3 Å². The first-order valence-electron chi connectivity index (χ1n) is 17.9. The van der Waals surface area contributed by atoms with Crippen LogP contribution in [0.4, 0.5) is 87.8 Å². The van der Waals surface area contributed by atoms with Gasteiger partial charge in [-0.2, -0.15) is 4.57 Å². The van der Waals surface area contributed by atoms with Gasteiger partial charge in [0.05, 0.1) is 5.39 Å². The summed E-state index contributed by atoms with van der Waals surface area (Å²) < 4.78 is 301. The van der Waals surface area contributed by atoms with E-state index < -0.39 is 144 Å². The van der Waals surface area contributed by atoms with Crippen LogP contribution in [0.2, 0.25) is 0 Å². The number of alkyl halides is 1. The summed E-state index contributed by atoms with van der Waals surface area (Å²) in [6.07, 6.45) is -5.36. The van der Waals surface area contributed by atoms with E-state index in [1.165, 1.54) is 0 Å². The van der Waals surface area contributed by atoms with Gasteiger partial charge in [-0.3, -0.25) is 4.79 Å². The highest BCUT2D eigenvalue weighted by Gasteiger charge is 2.52. The topological polar surface area (TPSA) is 30.2 Å². The number of benzene rings is 6. The second-order valence-electron chi connectivity index (χ2n) is 13.7. The van der Waals surface area contributed by atoms with Crippen molar-refractivity contribution in [3.8, 4) is 5.88 Å². The molecule has 0 saturated carbocycles. The fourth-order valence-electron chi connectivity index (χ4n) is 7.31. The van der Waals surface area contributed by atoms with Crippen LogP contribution in [0, 0.1) is 116 Å². The van der Waals surface area contributed by atoms with Crippen LogP contribution in [-0.2, 0) is 6.54 Å². The predicted molar refractivity (Wildman–Crippen MR) is 195 cm³/mol. The average Bonchev–Trinajstić information content (AvgIpc) is 3.32. The molecule has 0 fully saturated rings. The minimum absolute atomic E-state index is 0.0281. The third-order valence-corrected chi connectivity index (χ3v) is 10.3. The van der Waals surface area contributed by atoms with Gasteiger partial charge in [-0.25, -0.2) is 87.8 Å². The number of halogens is 21. The number of ketones is 1. The number of hydrogen-bond donors (Lipinski definition) is 0. The minimum atomic E-state index is -7.22. The van der Waals surface area contributed by atoms with Crippen molar-refractivity contribution in [1.82, 2.24) is 0 Å². The maximum Gasteiger partial charge on any atom is 0.377 e. The highest BCUT2D eigenvalue weighted by Crippen LogP contribution is 2.31. The number of carbonyl (C=O) groups excluding carboxylic acids is 1. The smallest absolute Gasteiger partial charge is 0.377 e. The Morgan fingerprint density at radius 1 is 0.418 bits per heavy atom. The molecule has 0 aliphatic heterocycles. The zero-order valence-corrected chi connectivity index (χ0v) is 32.8. The van der Waals surface area contributed by atoms with E-state index in [1.54, 1.807) is 4.57 Å². The van der Waals surface area contributed by atoms with Gasteiger partial charge >= 0.3 is 5.88 Å². The van der Waals surface area contributed by atoms with E-state index in [2.05, 4.69) is 0 Å². The summed E-state index contributed by atoms with van der Waals surface area (Å²) in [5, 5.41) is 1.98. The first-order valence-corrected chi connectivity index (χ1v) is 18.4. The maximum atomic E-state index is 15.4. The van der Waals surface area contributed by atoms with E-state index in [4.69, 9.17) is 16.3 Å². The number of pyridine rings is 1. The third kappa shape index (κ3) is 7.92. The summed E-state index contributed by atoms with van der Waals surface area (Å²) in [4.78, 5) is 12.4. The fourth-order valence-corrected chi connectivity index (χ4v) is 7.41. The summed E-state index contributed by atoms with van der Waals surface area (Å²) in [7, 11) is 0. The number of carbonyl (C=O) groups is 1. The van der Waals surface area contributed by atoms with Crippen molar-refractivity contribution < 1.29 is 102 Å². The van der Waals surface area contributed by atoms with Crippen LogP contribution in [0.1, 0.15) is 10.4 Å². The van der Waals surface area contributed by atoms with Crippen LogP contribution in [0.3, 0.4) is 0 Å². The number of hydrogen-bond acceptors (Lipinski definition) is 2. The molecule has 7 aromatic rings. The summed E-state index contributed by atoms with van der Waals surface area (Å²) in [6, 6.07) is 19.1. The van der Waals surface area contributed by atoms with Crippen LogP contribution >= 0.6 is 11.6 Å². The van der Waals surface area contributed by atoms with Crippen LogP contribution in [0.25, 0.3) is 10.8 Å². The predicted octanol–water partition coefficient (Wildman–Crippen LogP) is 9.43. The first kappa shape index (κ1) is 49.6. The van der Waals surface area contributed by atoms with E-state index in [9.17, 15) is 57.5 Å². The van der Waals surface area contributed by atoms with Gasteiger partial charge in [0, 0.05) is 11.6 Å². The SMILES string of the molecule is Fc1c(F)c(F)c([B-](c2c(F)c(F)c(F)c(F)c2F)(c2c(F)c(F)c(F)c(F)c2F)c2c(F)c(F)c(F)c(F)c2F)c(F)c1F.O=C(C[n+]1ccc2ccccc2c1OCCl)c1ccccc1. The van der Waals surface area contributed by atoms with Crippen molar-refractivity contribution in [2.45, 2.75) is 6.54 Å². The van der Waals surface area contributed by atoms with E-state index >= 15 is 35.1 Å². The van der Waals surface area contributed by atoms with E-state index in [0.717, 1.165) is 10.8 Å². The molecule has 350 valence electrons. The Bertz CT molecular complexity index is 2780. The summed E-state index contributed by atoms with van der Waals surface area (Å²) in [6.45, 7) is 0.209. The normalized spacial score (nSPS) is 11.5. The molecule has 0 saturated heterocycles. The molecule has 0 aliphatic rings. The molecule has 0 unspecified atom stereocenters. The molecular formula is C42H15BClF20NO2. The van der Waals surface area contributed by atoms with Gasteiger partial charge in [0.1, 0.15) is 52.7 Å². The number of rotatable bonds is 9. The Morgan fingerprint density at radius 2 is 0.716 bits per heavy atom. The molecule has 0 atom stereocenters. The molecule has 0 radical (unpaired) electrons. The highest BCUT2D eigenvalue weighted by atomic mass is 35.5. The van der Waals surface area contributed by atoms with Crippen LogP contribution in [0.5, 0.6) is 5.88 Å². The number of nitrogens with zero attached hydrogens (tertiary/aromatic N) is 1. The summed E-state index contributed by atoms with van der Waals surface area (Å²) in [5.74, 6) is -70.8. The average molecular weight is 992 g/mol. The molecule has 0 spiro atoms. The van der Waals surface area contributed by atoms with Gasteiger partial charge < -0.3 is 4.74 Å². The molecular weight excluding hydrogens is 977 g/mol. The molecule has 0 amide bonds. The Morgan fingerprint density at radius 3 is 1.04 bits per heavy atom. The quantitative estimate of drug-likeness (QED) is 0.0275. The van der Waals surface area contributed by atoms with Crippen molar-refractivity contribution in [2.75, 3.05) is 6.07 Å². The zero-order valence-electron chi connectivity index (χ0n) is 32.0. The second-order valence-corrected chi connectivity index (χ2v) is 13.9. The van der Waals surface area contributed by atoms with Gasteiger partial charge in [-0.15, -0.1) is 21.9 Å². The number of fused-ring (bicyclic) bond motifs is 1. The van der Waals surface area contributed by atoms with Gasteiger partial charge in [-0.1, -0.05) is 60.1 Å². The van der Waals surface area contributed by atoms with E-state index in [-0.39, 0.29) is 18.4 Å². The first-order chi connectivity index (χ1) is 31.5. The van der Waals surface area contributed by atoms with E-state index in [0.29, 0.717) is 11.4 Å². The number of Topliss-reactive ketones (excluding diaryl/α,β-unsaturated/α-hetero) is 1. The molecule has 0 N–H and O–H groups in total. The van der Waals surface area contributed by atoms with Gasteiger partial charge in [0.15, 0.2) is 82.1 Å². The van der Waals surface area contributed by atoms with Crippen molar-refractivity contribution in [2.24, 2.45) is 0 Å². The Hall–Kier alpha value is -6.85. The molecule has 0 aliphatic carbocycles. The Labute approximate surface area is 364 Å². The summed E-state index contributed by atoms with van der Waals surface area (Å²) in [5.41, 5.74) is -13.6. The molecule has 25 heteroatoms. The molecule has 1 heterocycles. The minimum Gasteiger partial charge on any atom is -0.428 e. The number of ether oxygens (including phenoxy) is 1. The lowest BCUT2D eigenvalue weighted by atomic mass is 9.12. The molecule has 7 rings (SSSR count). The zero-order chi connectivity index (χ0) is 49.7. The Kier molecular flexibility index (Phi) is 13.9. The molecule has 6 aromatic carbocycles. The van der Waals surface area contributed by atoms with Gasteiger partial charge in [-0.05, 0) is 11.5 Å². The van der Waals surface area contributed by atoms with Crippen molar-refractivity contribution in [3.63, 3.8) is 0 Å². The lowest BCUT2D eigenvalue weighted by Crippen LogP contribution is -2.81. The molecule has 1 aromatic heterocycles. The number of aromatic nitrogens is 1. The van der Waals surface area contributed by atoms with Crippen LogP contribution < -0.4 is 31.2 Å². The summed E-state index contributed by atoms with van der Waals surface area (Å²) >= 11 is 5.74. The monoisotopic (exact) mass is 991 g/mol. The fraction of sp³-hybridized carbons (Fsp3) is 0.0476. The Balaban J connectivity index is 0.000000279. The molecule has 0 bridgehead atoms. The second kappa shape index (κ2) is 18.8. The van der Waals surface area contributed by atoms with Crippen molar-refractivity contribution in [1.29, 1.82) is 0 Å². The lowest BCUT2D eigenvalue weighted by Gasteiger charge is -2.44. The molecule has 3 nitrogen and oxygen atoms in total. The van der Waals surface area contributed by atoms with Gasteiger partial charge in [0.25, 0.3) is 0 Å². The van der Waals surface area contributed by atoms with E-state index in [1.807, 2.05) is 66.9 Å². The standard InChI is InChI=1S/C24BF20.C18H15ClNO2/c26-5-1(6(27)14(35)21(42)13(5)34)25(2-7(28)15(36)22(43)16(37)8(2)29,3-9(30)17(38)23(44)18(39)10(3)31)4-11(32)19(40)24(45)20(41)12(4)33;19-13-22-18-16-9-5-4-6-14(16)10-11-20(18)12-17(21)15-7-2-1-3-8-15/h;1-11H,12-13H2/q-1;+1. The highest BCUT2D eigenvalue weighted by molar-refractivity contribution is 7.20. The van der Waals surface area contributed by atoms with Crippen LogP contribution in [-0.4, -0.2) is 18.0 Å². The maximum absolute atomic E-state index is 15.4. The van der Waals surface area contributed by atoms with Crippen molar-refractivity contribution >= 4 is 56.2 Å². The third-order valence-electron chi connectivity index (χ3n) is 10.2. The van der Waals surface area contributed by atoms with Crippen molar-refractivity contribution in [3.05, 3.63) is 189 Å². The lowest BCUT2D eigenvalue weighted by molar-refractivity contribution is -0.686. The van der Waals surface area contributed by atoms with Crippen LogP contribution in [0.15, 0.2) is 66.9 Å². The molecule has 67 heavy (non-hydrogen) atoms.